The van der Waals surface area contributed by atoms with Crippen molar-refractivity contribution in [3.8, 4) is 11.5 Å². The first-order valence-corrected chi connectivity index (χ1v) is 7.38. The summed E-state index contributed by atoms with van der Waals surface area (Å²) in [6.07, 6.45) is 1.66. The maximum absolute atomic E-state index is 11.3. The van der Waals surface area contributed by atoms with Crippen molar-refractivity contribution in [1.82, 2.24) is 5.32 Å². The van der Waals surface area contributed by atoms with Crippen LogP contribution < -0.4 is 10.1 Å². The van der Waals surface area contributed by atoms with Crippen molar-refractivity contribution < 1.29 is 18.3 Å². The topological polar surface area (TPSA) is 75.6 Å². The summed E-state index contributed by atoms with van der Waals surface area (Å²) < 4.78 is 28.1. The Labute approximate surface area is 105 Å². The average molecular weight is 267 g/mol. The first kappa shape index (κ1) is 11.6. The average Bonchev–Trinajstić information content (AvgIpc) is 2.83. The molecule has 5 nitrogen and oxygen atoms in total. The number of ether oxygens (including phenoxy) is 1. The molecule has 0 radical (unpaired) electrons. The smallest absolute Gasteiger partial charge is 0.173 e. The zero-order valence-corrected chi connectivity index (χ0v) is 10.4. The molecule has 6 heteroatoms. The second kappa shape index (κ2) is 4.00. The van der Waals surface area contributed by atoms with Crippen LogP contribution >= 0.6 is 0 Å². The van der Waals surface area contributed by atoms with E-state index in [1.165, 1.54) is 5.41 Å². The molecule has 0 amide bonds. The minimum absolute atomic E-state index is 0.0384. The van der Waals surface area contributed by atoms with Crippen molar-refractivity contribution in [2.24, 2.45) is 0 Å². The molecule has 0 saturated heterocycles. The van der Waals surface area contributed by atoms with Crippen LogP contribution in [0.1, 0.15) is 11.6 Å². The predicted octanol–water partition coefficient (Wildman–Crippen LogP) is 0.726. The Kier molecular flexibility index (Phi) is 2.57. The molecule has 0 aromatic heterocycles. The summed E-state index contributed by atoms with van der Waals surface area (Å²) in [6, 6.07) is 4.75. The van der Waals surface area contributed by atoms with Gasteiger partial charge in [0.25, 0.3) is 0 Å². The number of nitrogens with one attached hydrogen (secondary N) is 1. The molecule has 0 aliphatic carbocycles. The molecule has 2 N–H and O–H groups in total. The Balaban J connectivity index is 1.76. The van der Waals surface area contributed by atoms with E-state index in [0.717, 1.165) is 5.56 Å². The Hall–Kier alpha value is -1.53. The lowest BCUT2D eigenvalue weighted by atomic mass is 10.1. The number of hydrogen-bond acceptors (Lipinski definition) is 5. The summed E-state index contributed by atoms with van der Waals surface area (Å²) in [7, 11) is -3.05. The molecule has 2 aliphatic heterocycles. The van der Waals surface area contributed by atoms with Gasteiger partial charge in [0.1, 0.15) is 18.1 Å². The molecule has 2 atom stereocenters. The van der Waals surface area contributed by atoms with E-state index >= 15 is 0 Å². The zero-order chi connectivity index (χ0) is 12.8. The van der Waals surface area contributed by atoms with Crippen LogP contribution in [0.25, 0.3) is 0 Å². The maximum atomic E-state index is 11.3. The van der Waals surface area contributed by atoms with E-state index in [9.17, 15) is 13.5 Å². The number of rotatable bonds is 2. The normalized spacial score (nSPS) is 28.0. The molecular weight excluding hydrogens is 254 g/mol. The highest BCUT2D eigenvalue weighted by Gasteiger charge is 2.29. The van der Waals surface area contributed by atoms with Crippen LogP contribution in [0.4, 0.5) is 0 Å². The quantitative estimate of drug-likeness (QED) is 0.826. The van der Waals surface area contributed by atoms with E-state index < -0.39 is 9.84 Å². The third-order valence-corrected chi connectivity index (χ3v) is 4.52. The van der Waals surface area contributed by atoms with Crippen LogP contribution in [0.3, 0.4) is 0 Å². The van der Waals surface area contributed by atoms with Gasteiger partial charge in [-0.2, -0.15) is 0 Å². The van der Waals surface area contributed by atoms with Crippen molar-refractivity contribution in [3.63, 3.8) is 0 Å². The van der Waals surface area contributed by atoms with Gasteiger partial charge in [0.15, 0.2) is 9.84 Å². The van der Waals surface area contributed by atoms with Crippen molar-refractivity contribution >= 4 is 9.84 Å². The highest BCUT2D eigenvalue weighted by atomic mass is 32.2. The third kappa shape index (κ3) is 2.09. The van der Waals surface area contributed by atoms with E-state index in [4.69, 9.17) is 4.74 Å². The fraction of sp³-hybridized carbons (Fsp3) is 0.333. The molecule has 2 unspecified atom stereocenters. The van der Waals surface area contributed by atoms with Gasteiger partial charge in [0, 0.05) is 23.1 Å². The minimum atomic E-state index is -3.05. The van der Waals surface area contributed by atoms with E-state index in [2.05, 4.69) is 5.32 Å². The Morgan fingerprint density at radius 1 is 1.39 bits per heavy atom. The molecule has 18 heavy (non-hydrogen) atoms. The number of fused-ring (bicyclic) bond motifs is 1. The molecule has 0 spiro atoms. The standard InChI is InChI=1S/C12H13NO4S/c14-9-1-2-10-11(6-17-12(10)5-9)13-8-3-4-18(15,16)7-8/h1-5,8,11,13-14H,6-7H2. The van der Waals surface area contributed by atoms with Gasteiger partial charge >= 0.3 is 0 Å². The number of phenols is 1. The van der Waals surface area contributed by atoms with Crippen LogP contribution in [0, 0.1) is 0 Å². The maximum Gasteiger partial charge on any atom is 0.173 e. The van der Waals surface area contributed by atoms with Gasteiger partial charge in [-0.1, -0.05) is 6.08 Å². The third-order valence-electron chi connectivity index (χ3n) is 3.12. The van der Waals surface area contributed by atoms with E-state index in [0.29, 0.717) is 12.4 Å². The summed E-state index contributed by atoms with van der Waals surface area (Å²) in [5.74, 6) is 0.909. The first-order chi connectivity index (χ1) is 8.53. The zero-order valence-electron chi connectivity index (χ0n) is 9.54. The summed E-state index contributed by atoms with van der Waals surface area (Å²) >= 11 is 0. The van der Waals surface area contributed by atoms with Crippen molar-refractivity contribution in [3.05, 3.63) is 35.2 Å². The van der Waals surface area contributed by atoms with Crippen molar-refractivity contribution in [2.45, 2.75) is 12.1 Å². The highest BCUT2D eigenvalue weighted by molar-refractivity contribution is 7.94. The predicted molar refractivity (Wildman–Crippen MR) is 66.2 cm³/mol. The Morgan fingerprint density at radius 3 is 2.94 bits per heavy atom. The van der Waals surface area contributed by atoms with E-state index in [1.807, 2.05) is 0 Å². The van der Waals surface area contributed by atoms with Gasteiger partial charge in [0.05, 0.1) is 11.8 Å². The number of phenolic OH excluding ortho intramolecular Hbond substituents is 1. The lowest BCUT2D eigenvalue weighted by Gasteiger charge is -2.15. The molecule has 0 bridgehead atoms. The molecule has 3 rings (SSSR count). The van der Waals surface area contributed by atoms with E-state index in [-0.39, 0.29) is 23.6 Å². The summed E-state index contributed by atoms with van der Waals surface area (Å²) in [5.41, 5.74) is 0.950. The molecule has 1 aromatic carbocycles. The second-order valence-electron chi connectivity index (χ2n) is 4.52. The Morgan fingerprint density at radius 2 is 2.22 bits per heavy atom. The number of benzene rings is 1. The van der Waals surface area contributed by atoms with E-state index in [1.54, 1.807) is 24.3 Å². The molecule has 96 valence electrons. The molecule has 2 aliphatic rings. The SMILES string of the molecule is O=S1(=O)C=CC(NC2COc3cc(O)ccc32)C1. The second-order valence-corrected chi connectivity index (χ2v) is 6.45. The Bertz CT molecular complexity index is 609. The van der Waals surface area contributed by atoms with Crippen LogP contribution in [-0.4, -0.2) is 31.9 Å². The lowest BCUT2D eigenvalue weighted by Crippen LogP contribution is -2.34. The van der Waals surface area contributed by atoms with Crippen molar-refractivity contribution in [2.75, 3.05) is 12.4 Å². The van der Waals surface area contributed by atoms with Gasteiger partial charge in [-0.25, -0.2) is 8.42 Å². The minimum Gasteiger partial charge on any atom is -0.508 e. The van der Waals surface area contributed by atoms with Crippen molar-refractivity contribution in [1.29, 1.82) is 0 Å². The molecular formula is C12H13NO4S. The first-order valence-electron chi connectivity index (χ1n) is 5.66. The monoisotopic (exact) mass is 267 g/mol. The van der Waals surface area contributed by atoms with Gasteiger partial charge in [-0.15, -0.1) is 0 Å². The number of hydrogen-bond donors (Lipinski definition) is 2. The molecule has 0 fully saturated rings. The summed E-state index contributed by atoms with van der Waals surface area (Å²) in [6.45, 7) is 0.448. The van der Waals surface area contributed by atoms with Crippen LogP contribution in [0.15, 0.2) is 29.7 Å². The molecule has 1 aromatic rings. The van der Waals surface area contributed by atoms with Gasteiger partial charge < -0.3 is 9.84 Å². The van der Waals surface area contributed by atoms with Gasteiger partial charge in [-0.05, 0) is 12.1 Å². The van der Waals surface area contributed by atoms with Gasteiger partial charge in [-0.3, -0.25) is 5.32 Å². The largest absolute Gasteiger partial charge is 0.508 e. The van der Waals surface area contributed by atoms with Crippen LogP contribution in [0.5, 0.6) is 11.5 Å². The van der Waals surface area contributed by atoms with Gasteiger partial charge in [0.2, 0.25) is 0 Å². The molecule has 2 heterocycles. The van der Waals surface area contributed by atoms with Crippen LogP contribution in [0.2, 0.25) is 0 Å². The summed E-state index contributed by atoms with van der Waals surface area (Å²) in [4.78, 5) is 0. The fourth-order valence-electron chi connectivity index (χ4n) is 2.27. The highest BCUT2D eigenvalue weighted by Crippen LogP contribution is 2.35. The van der Waals surface area contributed by atoms with Crippen LogP contribution in [-0.2, 0) is 9.84 Å². The lowest BCUT2D eigenvalue weighted by molar-refractivity contribution is 0.306. The number of sulfone groups is 1. The number of aromatic hydroxyl groups is 1. The fourth-order valence-corrected chi connectivity index (χ4v) is 3.52. The summed E-state index contributed by atoms with van der Waals surface area (Å²) in [5, 5.41) is 13.8. The molecule has 0 saturated carbocycles.